The summed E-state index contributed by atoms with van der Waals surface area (Å²) in [5.74, 6) is 0. The van der Waals surface area contributed by atoms with E-state index in [9.17, 15) is 4.39 Å². The van der Waals surface area contributed by atoms with Gasteiger partial charge in [-0.1, -0.05) is 12.5 Å². The van der Waals surface area contributed by atoms with E-state index < -0.39 is 0 Å². The van der Waals surface area contributed by atoms with E-state index in [1.165, 1.54) is 24.8 Å². The van der Waals surface area contributed by atoms with Gasteiger partial charge in [0.25, 0.3) is 0 Å². The van der Waals surface area contributed by atoms with Crippen LogP contribution in [0.3, 0.4) is 0 Å². The Bertz CT molecular complexity index is 145. The molecule has 0 aromatic heterocycles. The average molecular weight is 140 g/mol. The normalized spacial score (nSPS) is 20.7. The molecule has 1 aliphatic carbocycles. The lowest BCUT2D eigenvalue weighted by Gasteiger charge is -1.93. The lowest BCUT2D eigenvalue weighted by molar-refractivity contribution is 0.706. The molecule has 0 saturated heterocycles. The molecule has 0 atom stereocenters. The maximum absolute atomic E-state index is 11.7. The number of hydrogen-bond acceptors (Lipinski definition) is 0. The molecule has 0 unspecified atom stereocenters. The first-order valence-electron chi connectivity index (χ1n) is 3.89. The Morgan fingerprint density at radius 2 is 2.20 bits per heavy atom. The third-order valence-electron chi connectivity index (χ3n) is 1.85. The summed E-state index contributed by atoms with van der Waals surface area (Å²) in [6, 6.07) is 0. The molecule has 0 N–H and O–H groups in total. The van der Waals surface area contributed by atoms with Gasteiger partial charge in [-0.15, -0.1) is 0 Å². The summed E-state index contributed by atoms with van der Waals surface area (Å²) in [6.45, 7) is 0. The van der Waals surface area contributed by atoms with Crippen LogP contribution in [0.5, 0.6) is 0 Å². The molecule has 0 fully saturated rings. The van der Waals surface area contributed by atoms with E-state index >= 15 is 0 Å². The van der Waals surface area contributed by atoms with Crippen LogP contribution in [-0.4, -0.2) is 0 Å². The van der Waals surface area contributed by atoms with Gasteiger partial charge in [0, 0.05) is 0 Å². The van der Waals surface area contributed by atoms with E-state index in [1.54, 1.807) is 6.08 Å². The highest BCUT2D eigenvalue weighted by Crippen LogP contribution is 2.17. The minimum absolute atomic E-state index is 0.636. The van der Waals surface area contributed by atoms with Gasteiger partial charge in [0.15, 0.2) is 0 Å². The quantitative estimate of drug-likeness (QED) is 0.524. The highest BCUT2D eigenvalue weighted by molar-refractivity contribution is 5.17. The molecule has 0 aromatic carbocycles. The largest absolute Gasteiger partial charge is 0.216 e. The van der Waals surface area contributed by atoms with Gasteiger partial charge in [0.2, 0.25) is 0 Å². The molecule has 0 bridgehead atoms. The van der Waals surface area contributed by atoms with Crippen LogP contribution in [0.1, 0.15) is 32.1 Å². The third kappa shape index (κ3) is 2.34. The van der Waals surface area contributed by atoms with Crippen molar-refractivity contribution in [3.8, 4) is 0 Å². The Balaban J connectivity index is 2.46. The Morgan fingerprint density at radius 1 is 1.30 bits per heavy atom. The van der Waals surface area contributed by atoms with Crippen molar-refractivity contribution in [1.82, 2.24) is 0 Å². The molecule has 0 nitrogen and oxygen atoms in total. The maximum atomic E-state index is 11.7. The summed E-state index contributed by atoms with van der Waals surface area (Å²) >= 11 is 0. The van der Waals surface area contributed by atoms with Crippen LogP contribution < -0.4 is 0 Å². The lowest BCUT2D eigenvalue weighted by Crippen LogP contribution is -1.74. The monoisotopic (exact) mass is 140 g/mol. The van der Waals surface area contributed by atoms with E-state index in [0.29, 0.717) is 6.33 Å². The third-order valence-corrected chi connectivity index (χ3v) is 1.85. The fraction of sp³-hybridized carbons (Fsp3) is 0.556. The average Bonchev–Trinajstić information content (AvgIpc) is 2.17. The van der Waals surface area contributed by atoms with E-state index in [1.807, 2.05) is 0 Å². The maximum Gasteiger partial charge on any atom is 0.0869 e. The lowest BCUT2D eigenvalue weighted by atomic mass is 10.1. The summed E-state index contributed by atoms with van der Waals surface area (Å²) < 4.78 is 11.7. The molecule has 0 aliphatic heterocycles. The fourth-order valence-corrected chi connectivity index (χ4v) is 1.27. The van der Waals surface area contributed by atoms with Gasteiger partial charge < -0.3 is 0 Å². The van der Waals surface area contributed by atoms with Crippen LogP contribution in [0.4, 0.5) is 4.39 Å². The minimum Gasteiger partial charge on any atom is -0.216 e. The molecule has 0 radical (unpaired) electrons. The second kappa shape index (κ2) is 4.26. The fourth-order valence-electron chi connectivity index (χ4n) is 1.27. The molecule has 1 rings (SSSR count). The summed E-state index contributed by atoms with van der Waals surface area (Å²) in [6.07, 6.45) is 10.3. The molecule has 0 spiro atoms. The van der Waals surface area contributed by atoms with Crippen molar-refractivity contribution in [3.63, 3.8) is 0 Å². The molecule has 0 heterocycles. The smallest absolute Gasteiger partial charge is 0.0869 e. The molecular formula is C9H13F. The first-order chi connectivity index (χ1) is 4.93. The van der Waals surface area contributed by atoms with Gasteiger partial charge in [0.1, 0.15) is 0 Å². The molecule has 0 aromatic rings. The number of rotatable bonds is 1. The standard InChI is InChI=1S/C9H13F/c10-8-7-9-5-3-1-2-4-6-9/h5,7-8H,1-4,6H2/b8-7+. The van der Waals surface area contributed by atoms with Crippen LogP contribution in [-0.2, 0) is 0 Å². The summed E-state index contributed by atoms with van der Waals surface area (Å²) in [5, 5.41) is 0. The van der Waals surface area contributed by atoms with Gasteiger partial charge in [-0.25, -0.2) is 4.39 Å². The molecule has 10 heavy (non-hydrogen) atoms. The van der Waals surface area contributed by atoms with Gasteiger partial charge in [-0.2, -0.15) is 0 Å². The van der Waals surface area contributed by atoms with E-state index in [0.717, 1.165) is 12.8 Å². The number of allylic oxidation sites excluding steroid dienone is 3. The second-order valence-corrected chi connectivity index (χ2v) is 2.67. The first-order valence-corrected chi connectivity index (χ1v) is 3.89. The van der Waals surface area contributed by atoms with E-state index in [-0.39, 0.29) is 0 Å². The van der Waals surface area contributed by atoms with Crippen molar-refractivity contribution in [1.29, 1.82) is 0 Å². The Kier molecular flexibility index (Phi) is 3.20. The predicted octanol–water partition coefficient (Wildman–Crippen LogP) is 3.36. The molecule has 0 saturated carbocycles. The molecule has 56 valence electrons. The molecule has 0 amide bonds. The number of halogens is 1. The molecule has 1 heteroatoms. The highest BCUT2D eigenvalue weighted by atomic mass is 19.1. The molecule has 1 aliphatic rings. The Hall–Kier alpha value is -0.590. The Labute approximate surface area is 61.4 Å². The first kappa shape index (κ1) is 7.52. The van der Waals surface area contributed by atoms with E-state index in [4.69, 9.17) is 0 Å². The van der Waals surface area contributed by atoms with Crippen molar-refractivity contribution in [2.24, 2.45) is 0 Å². The zero-order valence-corrected chi connectivity index (χ0v) is 6.15. The van der Waals surface area contributed by atoms with Crippen molar-refractivity contribution in [2.45, 2.75) is 32.1 Å². The van der Waals surface area contributed by atoms with Crippen molar-refractivity contribution in [2.75, 3.05) is 0 Å². The van der Waals surface area contributed by atoms with Crippen LogP contribution in [0.25, 0.3) is 0 Å². The van der Waals surface area contributed by atoms with Crippen LogP contribution in [0.15, 0.2) is 24.1 Å². The van der Waals surface area contributed by atoms with Gasteiger partial charge in [0.05, 0.1) is 6.33 Å². The summed E-state index contributed by atoms with van der Waals surface area (Å²) in [5.41, 5.74) is 1.17. The van der Waals surface area contributed by atoms with Crippen LogP contribution >= 0.6 is 0 Å². The van der Waals surface area contributed by atoms with Crippen molar-refractivity contribution >= 4 is 0 Å². The van der Waals surface area contributed by atoms with Crippen LogP contribution in [0, 0.1) is 0 Å². The summed E-state index contributed by atoms with van der Waals surface area (Å²) in [4.78, 5) is 0. The highest BCUT2D eigenvalue weighted by Gasteiger charge is 1.98. The van der Waals surface area contributed by atoms with Crippen LogP contribution in [0.2, 0.25) is 0 Å². The Morgan fingerprint density at radius 3 is 3.00 bits per heavy atom. The SMILES string of the molecule is F/C=C/C1=CCCCCC1. The van der Waals surface area contributed by atoms with Crippen molar-refractivity contribution in [3.05, 3.63) is 24.1 Å². The zero-order valence-electron chi connectivity index (χ0n) is 6.15. The van der Waals surface area contributed by atoms with Gasteiger partial charge >= 0.3 is 0 Å². The zero-order chi connectivity index (χ0) is 7.23. The van der Waals surface area contributed by atoms with Gasteiger partial charge in [-0.05, 0) is 37.3 Å². The predicted molar refractivity (Wildman–Crippen MR) is 41.4 cm³/mol. The summed E-state index contributed by atoms with van der Waals surface area (Å²) in [7, 11) is 0. The second-order valence-electron chi connectivity index (χ2n) is 2.67. The minimum atomic E-state index is 0.636. The van der Waals surface area contributed by atoms with Crippen molar-refractivity contribution < 1.29 is 4.39 Å². The topological polar surface area (TPSA) is 0 Å². The molecular weight excluding hydrogens is 127 g/mol. The van der Waals surface area contributed by atoms with Gasteiger partial charge in [-0.3, -0.25) is 0 Å². The van der Waals surface area contributed by atoms with E-state index in [2.05, 4.69) is 6.08 Å². The number of hydrogen-bond donors (Lipinski definition) is 0.